The van der Waals surface area contributed by atoms with E-state index in [1.165, 1.54) is 12.2 Å². The first-order valence-electron chi connectivity index (χ1n) is 31.4. The molecule has 1 unspecified atom stereocenters. The van der Waals surface area contributed by atoms with E-state index in [2.05, 4.69) is 19.6 Å². The molecule has 6 fully saturated rings. The van der Waals surface area contributed by atoms with Gasteiger partial charge in [0.05, 0.1) is 33.4 Å². The lowest BCUT2D eigenvalue weighted by atomic mass is 9.48. The minimum Gasteiger partial charge on any atom is -0.504 e. The summed E-state index contributed by atoms with van der Waals surface area (Å²) in [6.07, 6.45) is 8.04. The summed E-state index contributed by atoms with van der Waals surface area (Å²) in [6.45, 7) is 3.13. The average molecular weight is 1220 g/mol. The number of aliphatic hydroxyl groups is 5. The molecule has 8 aliphatic carbocycles. The fraction of sp³-hybridized carbons (Fsp3) is 0.529. The highest BCUT2D eigenvalue weighted by Crippen LogP contribution is 2.69. The van der Waals surface area contributed by atoms with Crippen LogP contribution in [-0.4, -0.2) is 220 Å². The van der Waals surface area contributed by atoms with Crippen LogP contribution in [0.3, 0.4) is 0 Å². The molecule has 466 valence electrons. The molecule has 9 N–H and O–H groups in total. The SMILES string of the molecule is CN1CC[C@]23c4c5ccc(O)c4O[C@H]2C(=O)C=C[C@@]3(O)[C@H]1C5.CN1CC[C@]23c4c5ccc(O)c4O[C@H]2C(=O)C=C[C@@]3(O)[C@H]1C5.CN1CC[C@]23c4c5ccc(O)c4O[C@H]2C(=O)CC(O)[C@@]3(O)[C@H]1C5.CN1CC[C@]23c4c5ccc(O)c4O[C@H]2C(=O)CC[C@@]3(O)[C@H]1C5. The van der Waals surface area contributed by atoms with Gasteiger partial charge in [-0.05, 0) is 183 Å². The van der Waals surface area contributed by atoms with Crippen molar-refractivity contribution in [3.05, 3.63) is 117 Å². The molecule has 4 saturated heterocycles. The topological polar surface area (TPSA) is 300 Å². The van der Waals surface area contributed by atoms with Crippen molar-refractivity contribution >= 4 is 23.1 Å². The Bertz CT molecular complexity index is 3840. The molecule has 20 rings (SSSR count). The van der Waals surface area contributed by atoms with Crippen molar-refractivity contribution in [1.82, 2.24) is 19.6 Å². The molecule has 4 spiro atoms. The summed E-state index contributed by atoms with van der Waals surface area (Å²) < 4.78 is 23.6. The average Bonchev–Trinajstić information content (AvgIpc) is 1.64. The van der Waals surface area contributed by atoms with Gasteiger partial charge in [0, 0.05) is 59.3 Å². The van der Waals surface area contributed by atoms with Gasteiger partial charge in [0.2, 0.25) is 0 Å². The van der Waals surface area contributed by atoms with E-state index in [-0.39, 0.29) is 76.7 Å². The number of piperidine rings is 4. The molecule has 0 radical (unpaired) electrons. The molecule has 21 nitrogen and oxygen atoms in total. The minimum atomic E-state index is -1.44. The Hall–Kier alpha value is -6.92. The Labute approximate surface area is 511 Å². The first-order chi connectivity index (χ1) is 42.4. The molecule has 16 aliphatic rings. The number of hydrogen-bond acceptors (Lipinski definition) is 21. The van der Waals surface area contributed by atoms with Crippen molar-refractivity contribution in [3.63, 3.8) is 0 Å². The number of nitrogens with zero attached hydrogens (tertiary/aromatic N) is 4. The molecular formula is C68H72N4O17. The van der Waals surface area contributed by atoms with Gasteiger partial charge in [0.15, 0.2) is 93.5 Å². The standard InChI is InChI=1S/C17H19NO5.C17H19NO4.2C17H17NO4/c1-18-5-4-16-13-8-2-3-9(19)14(13)23-15(16)10(20)7-12(21)17(16,22)11(18)6-8;3*1-18-7-6-16-13-9-2-3-10(19)14(13)22-15(16)11(20)4-5-17(16,21)12(18)8-9/h2-3,11-12,15,19,21-22H,4-7H2,1H3;2-3,12,15,19,21H,4-8H2,1H3;2*2-5,12,15,19,21H,6-8H2,1H3/t11-,12?,15+,16+,17+;3*12-,15+,16+,17-/m1111/s1. The Kier molecular flexibility index (Phi) is 11.2. The molecule has 4 aromatic carbocycles. The molecule has 17 atom stereocenters. The second kappa shape index (κ2) is 17.8. The van der Waals surface area contributed by atoms with Gasteiger partial charge in [-0.2, -0.15) is 0 Å². The number of carbonyl (C=O) groups excluding carboxylic acids is 4. The molecule has 8 bridgehead atoms. The summed E-state index contributed by atoms with van der Waals surface area (Å²) >= 11 is 0. The third-order valence-electron chi connectivity index (χ3n) is 25.4. The van der Waals surface area contributed by atoms with Crippen LogP contribution in [-0.2, 0) is 66.5 Å². The van der Waals surface area contributed by atoms with Crippen molar-refractivity contribution in [2.45, 2.75) is 169 Å². The highest BCUT2D eigenvalue weighted by Gasteiger charge is 2.78. The van der Waals surface area contributed by atoms with Crippen molar-refractivity contribution in [1.29, 1.82) is 0 Å². The van der Waals surface area contributed by atoms with Crippen LogP contribution in [0.1, 0.15) is 89.5 Å². The summed E-state index contributed by atoms with van der Waals surface area (Å²) in [5.74, 6) is 1.30. The van der Waals surface area contributed by atoms with Crippen molar-refractivity contribution in [2.24, 2.45) is 0 Å². The number of aliphatic hydroxyl groups excluding tert-OH is 1. The van der Waals surface area contributed by atoms with E-state index in [9.17, 15) is 65.1 Å². The quantitative estimate of drug-likeness (QED) is 0.121. The Morgan fingerprint density at radius 2 is 0.764 bits per heavy atom. The predicted molar refractivity (Wildman–Crippen MR) is 314 cm³/mol. The monoisotopic (exact) mass is 1220 g/mol. The first-order valence-corrected chi connectivity index (χ1v) is 31.4. The van der Waals surface area contributed by atoms with Crippen LogP contribution < -0.4 is 18.9 Å². The number of ketones is 4. The van der Waals surface area contributed by atoms with Gasteiger partial charge in [-0.3, -0.25) is 29.0 Å². The molecular weight excluding hydrogens is 1140 g/mol. The number of hydrogen-bond donors (Lipinski definition) is 9. The van der Waals surface area contributed by atoms with Gasteiger partial charge < -0.3 is 74.7 Å². The molecule has 0 aromatic heterocycles. The number of likely N-dealkylation sites (N-methyl/N-ethyl adjacent to an activating group) is 4. The van der Waals surface area contributed by atoms with Crippen molar-refractivity contribution < 1.29 is 84.1 Å². The largest absolute Gasteiger partial charge is 0.504 e. The van der Waals surface area contributed by atoms with Crippen LogP contribution >= 0.6 is 0 Å². The van der Waals surface area contributed by atoms with Gasteiger partial charge in [0.25, 0.3) is 0 Å². The lowest BCUT2D eigenvalue weighted by Crippen LogP contribution is -2.80. The molecule has 0 amide bonds. The van der Waals surface area contributed by atoms with E-state index in [1.807, 2.05) is 52.5 Å². The predicted octanol–water partition coefficient (Wildman–Crippen LogP) is 1.50. The molecule has 2 saturated carbocycles. The molecule has 8 heterocycles. The molecule has 21 heteroatoms. The van der Waals surface area contributed by atoms with Gasteiger partial charge in [-0.25, -0.2) is 0 Å². The lowest BCUT2D eigenvalue weighted by Gasteiger charge is -2.63. The minimum absolute atomic E-state index is 0.00319. The molecule has 89 heavy (non-hydrogen) atoms. The highest BCUT2D eigenvalue weighted by atomic mass is 16.5. The van der Waals surface area contributed by atoms with Gasteiger partial charge in [-0.15, -0.1) is 0 Å². The maximum atomic E-state index is 12.6. The molecule has 8 aliphatic heterocycles. The number of ether oxygens (including phenoxy) is 4. The number of likely N-dealkylation sites (tertiary alicyclic amines) is 4. The summed E-state index contributed by atoms with van der Waals surface area (Å²) in [4.78, 5) is 58.6. The number of Topliss-reactive ketones (excluding diaryl/α,β-unsaturated/α-hetero) is 2. The van der Waals surface area contributed by atoms with Crippen LogP contribution in [0.5, 0.6) is 46.0 Å². The van der Waals surface area contributed by atoms with E-state index in [4.69, 9.17) is 18.9 Å². The Morgan fingerprint density at radius 1 is 0.416 bits per heavy atom. The summed E-state index contributed by atoms with van der Waals surface area (Å²) in [5.41, 5.74) is -0.265. The number of benzene rings is 4. The van der Waals surface area contributed by atoms with Crippen molar-refractivity contribution in [2.75, 3.05) is 54.4 Å². The zero-order chi connectivity index (χ0) is 62.0. The maximum Gasteiger partial charge on any atom is 0.196 e. The highest BCUT2D eigenvalue weighted by molar-refractivity contribution is 6.00. The van der Waals surface area contributed by atoms with E-state index in [1.54, 1.807) is 36.4 Å². The van der Waals surface area contributed by atoms with Gasteiger partial charge in [-0.1, -0.05) is 24.3 Å². The first kappa shape index (κ1) is 56.1. The zero-order valence-corrected chi connectivity index (χ0v) is 49.8. The number of phenolic OH excluding ortho intramolecular Hbond substituents is 4. The van der Waals surface area contributed by atoms with Gasteiger partial charge in [0.1, 0.15) is 16.8 Å². The van der Waals surface area contributed by atoms with E-state index in [0.717, 1.165) is 70.6 Å². The summed E-state index contributed by atoms with van der Waals surface area (Å²) in [7, 11) is 8.01. The summed E-state index contributed by atoms with van der Waals surface area (Å²) in [5, 5.41) is 97.8. The van der Waals surface area contributed by atoms with E-state index in [0.29, 0.717) is 87.3 Å². The van der Waals surface area contributed by atoms with Crippen LogP contribution in [0, 0.1) is 0 Å². The smallest absolute Gasteiger partial charge is 0.196 e. The van der Waals surface area contributed by atoms with Crippen molar-refractivity contribution in [3.8, 4) is 46.0 Å². The zero-order valence-electron chi connectivity index (χ0n) is 49.8. The Balaban J connectivity index is 0.0000000918. The number of rotatable bonds is 0. The van der Waals surface area contributed by atoms with Crippen LogP contribution in [0.25, 0.3) is 0 Å². The van der Waals surface area contributed by atoms with Gasteiger partial charge >= 0.3 is 0 Å². The third-order valence-corrected chi connectivity index (χ3v) is 25.4. The number of aromatic hydroxyl groups is 4. The fourth-order valence-corrected chi connectivity index (χ4v) is 21.4. The van der Waals surface area contributed by atoms with E-state index < -0.39 is 74.6 Å². The lowest BCUT2D eigenvalue weighted by molar-refractivity contribution is -0.226. The number of phenols is 4. The fourth-order valence-electron chi connectivity index (χ4n) is 21.4. The second-order valence-electron chi connectivity index (χ2n) is 28.5. The number of carbonyl (C=O) groups is 4. The normalized spacial score (nSPS) is 42.1. The molecule has 4 aromatic rings. The van der Waals surface area contributed by atoms with Crippen LogP contribution in [0.15, 0.2) is 72.8 Å². The third kappa shape index (κ3) is 6.24. The van der Waals surface area contributed by atoms with Crippen LogP contribution in [0.2, 0.25) is 0 Å². The van der Waals surface area contributed by atoms with E-state index >= 15 is 0 Å². The maximum absolute atomic E-state index is 12.6. The second-order valence-corrected chi connectivity index (χ2v) is 28.5. The van der Waals surface area contributed by atoms with Crippen LogP contribution in [0.4, 0.5) is 0 Å². The summed E-state index contributed by atoms with van der Waals surface area (Å²) in [6, 6.07) is 13.6. The Morgan fingerprint density at radius 3 is 1.22 bits per heavy atom.